The molecule has 0 heterocycles. The lowest BCUT2D eigenvalue weighted by atomic mass is 10.8. The second kappa shape index (κ2) is 7.84. The summed E-state index contributed by atoms with van der Waals surface area (Å²) in [7, 11) is 1.53. The van der Waals surface area contributed by atoms with Gasteiger partial charge in [-0.2, -0.15) is 0 Å². The molecule has 4 nitrogen and oxygen atoms in total. The Morgan fingerprint density at radius 3 is 2.56 bits per heavy atom. The van der Waals surface area contributed by atoms with Gasteiger partial charge in [0.25, 0.3) is 0 Å². The van der Waals surface area contributed by atoms with E-state index in [2.05, 4.69) is 4.74 Å². The molecule has 0 amide bonds. The molecule has 0 saturated carbocycles. The first-order valence-electron chi connectivity index (χ1n) is 2.67. The molecule has 0 aliphatic rings. The summed E-state index contributed by atoms with van der Waals surface area (Å²) in [4.78, 5) is 0. The molecule has 0 spiro atoms. The van der Waals surface area contributed by atoms with Crippen molar-refractivity contribution >= 4 is 0 Å². The van der Waals surface area contributed by atoms with Crippen LogP contribution in [0.15, 0.2) is 0 Å². The summed E-state index contributed by atoms with van der Waals surface area (Å²) in [5, 5.41) is 8.21. The Morgan fingerprint density at radius 2 is 2.00 bits per heavy atom. The zero-order valence-corrected chi connectivity index (χ0v) is 5.50. The van der Waals surface area contributed by atoms with Crippen LogP contribution in [0.5, 0.6) is 0 Å². The fourth-order valence-electron chi connectivity index (χ4n) is 0.300. The monoisotopic (exact) mass is 136 g/mol. The number of hydrogen-bond acceptors (Lipinski definition) is 4. The first-order chi connectivity index (χ1) is 4.41. The normalized spacial score (nSPS) is 10.0. The van der Waals surface area contributed by atoms with Gasteiger partial charge in [0, 0.05) is 7.11 Å². The van der Waals surface area contributed by atoms with E-state index in [0.717, 1.165) is 0 Å². The van der Waals surface area contributed by atoms with Crippen molar-refractivity contribution in [2.24, 2.45) is 0 Å². The van der Waals surface area contributed by atoms with Crippen molar-refractivity contribution in [3.8, 4) is 0 Å². The minimum atomic E-state index is 0.0241. The molecular weight excluding hydrogens is 124 g/mol. The summed E-state index contributed by atoms with van der Waals surface area (Å²) >= 11 is 0. The van der Waals surface area contributed by atoms with Gasteiger partial charge in [-0.3, -0.25) is 0 Å². The molecule has 0 aromatic rings. The third-order valence-corrected chi connectivity index (χ3v) is 0.603. The summed E-state index contributed by atoms with van der Waals surface area (Å²) in [6, 6.07) is 0. The third kappa shape index (κ3) is 7.84. The van der Waals surface area contributed by atoms with Gasteiger partial charge < -0.3 is 19.3 Å². The number of aliphatic hydroxyl groups is 1. The fourth-order valence-corrected chi connectivity index (χ4v) is 0.300. The maximum Gasteiger partial charge on any atom is 0.149 e. The minimum Gasteiger partial charge on any atom is -0.394 e. The predicted octanol–water partition coefficient (Wildman–Crippen LogP) is -0.427. The average molecular weight is 136 g/mol. The van der Waals surface area contributed by atoms with Crippen LogP contribution in [0.3, 0.4) is 0 Å². The second-order valence-corrected chi connectivity index (χ2v) is 1.36. The van der Waals surface area contributed by atoms with Gasteiger partial charge in [0.05, 0.1) is 13.2 Å². The van der Waals surface area contributed by atoms with E-state index in [1.165, 1.54) is 7.11 Å². The van der Waals surface area contributed by atoms with Crippen LogP contribution in [0, 0.1) is 0 Å². The van der Waals surface area contributed by atoms with Crippen LogP contribution in [0.2, 0.25) is 0 Å². The van der Waals surface area contributed by atoms with E-state index in [-0.39, 0.29) is 20.2 Å². The van der Waals surface area contributed by atoms with Crippen molar-refractivity contribution in [1.82, 2.24) is 0 Å². The Labute approximate surface area is 54.3 Å². The zero-order chi connectivity index (χ0) is 6.95. The number of aliphatic hydroxyl groups excluding tert-OH is 1. The van der Waals surface area contributed by atoms with Crippen LogP contribution in [-0.4, -0.2) is 39.0 Å². The van der Waals surface area contributed by atoms with Crippen LogP contribution >= 0.6 is 0 Å². The Bertz CT molecular complexity index is 42.2. The molecular formula is C5H12O4. The van der Waals surface area contributed by atoms with Gasteiger partial charge in [0.15, 0.2) is 0 Å². The molecule has 0 saturated heterocycles. The number of methoxy groups -OCH3 is 1. The second-order valence-electron chi connectivity index (χ2n) is 1.36. The molecule has 56 valence electrons. The van der Waals surface area contributed by atoms with Gasteiger partial charge in [-0.25, -0.2) is 0 Å². The molecule has 0 rings (SSSR count). The lowest BCUT2D eigenvalue weighted by molar-refractivity contribution is -0.123. The number of hydrogen-bond donors (Lipinski definition) is 1. The maximum atomic E-state index is 8.21. The van der Waals surface area contributed by atoms with E-state index >= 15 is 0 Å². The van der Waals surface area contributed by atoms with E-state index < -0.39 is 0 Å². The van der Waals surface area contributed by atoms with Crippen LogP contribution in [0.1, 0.15) is 0 Å². The molecule has 1 N–H and O–H groups in total. The first-order valence-corrected chi connectivity index (χ1v) is 2.67. The van der Waals surface area contributed by atoms with Crippen LogP contribution < -0.4 is 0 Å². The standard InChI is InChI=1S/C5H12O4/c1-7-4-9-5-8-3-2-6/h6H,2-5H2,1H3. The SMILES string of the molecule is COCOCOCCO. The van der Waals surface area contributed by atoms with Crippen LogP contribution in [-0.2, 0) is 14.2 Å². The largest absolute Gasteiger partial charge is 0.394 e. The third-order valence-electron chi connectivity index (χ3n) is 0.603. The number of rotatable bonds is 6. The lowest BCUT2D eigenvalue weighted by Gasteiger charge is -2.01. The van der Waals surface area contributed by atoms with Gasteiger partial charge in [-0.15, -0.1) is 0 Å². The van der Waals surface area contributed by atoms with Crippen molar-refractivity contribution in [2.45, 2.75) is 0 Å². The Balaban J connectivity index is 2.60. The van der Waals surface area contributed by atoms with Crippen molar-refractivity contribution in [3.63, 3.8) is 0 Å². The molecule has 0 aromatic carbocycles. The summed E-state index contributed by atoms with van der Waals surface area (Å²) in [5.74, 6) is 0. The van der Waals surface area contributed by atoms with E-state index in [9.17, 15) is 0 Å². The maximum absolute atomic E-state index is 8.21. The van der Waals surface area contributed by atoms with Crippen LogP contribution in [0.25, 0.3) is 0 Å². The molecule has 0 aromatic heterocycles. The molecule has 0 radical (unpaired) electrons. The van der Waals surface area contributed by atoms with Crippen molar-refractivity contribution in [1.29, 1.82) is 0 Å². The summed E-state index contributed by atoms with van der Waals surface area (Å²) < 4.78 is 14.0. The molecule has 0 fully saturated rings. The highest BCUT2D eigenvalue weighted by Crippen LogP contribution is 1.76. The molecule has 0 unspecified atom stereocenters. The van der Waals surface area contributed by atoms with Crippen molar-refractivity contribution < 1.29 is 19.3 Å². The fraction of sp³-hybridized carbons (Fsp3) is 1.00. The zero-order valence-electron chi connectivity index (χ0n) is 5.50. The van der Waals surface area contributed by atoms with Crippen molar-refractivity contribution in [3.05, 3.63) is 0 Å². The van der Waals surface area contributed by atoms with Crippen molar-refractivity contribution in [2.75, 3.05) is 33.9 Å². The molecule has 0 aliphatic heterocycles. The number of ether oxygens (including phenoxy) is 3. The Morgan fingerprint density at radius 1 is 1.22 bits per heavy atom. The van der Waals surface area contributed by atoms with E-state index in [4.69, 9.17) is 14.6 Å². The van der Waals surface area contributed by atoms with E-state index in [0.29, 0.717) is 6.61 Å². The van der Waals surface area contributed by atoms with Gasteiger partial charge in [0.2, 0.25) is 0 Å². The van der Waals surface area contributed by atoms with E-state index in [1.807, 2.05) is 0 Å². The molecule has 0 bridgehead atoms. The minimum absolute atomic E-state index is 0.0241. The topological polar surface area (TPSA) is 47.9 Å². The van der Waals surface area contributed by atoms with Gasteiger partial charge in [-0.1, -0.05) is 0 Å². The van der Waals surface area contributed by atoms with Gasteiger partial charge in [-0.05, 0) is 0 Å². The lowest BCUT2D eigenvalue weighted by Crippen LogP contribution is -2.05. The highest BCUT2D eigenvalue weighted by atomic mass is 16.7. The van der Waals surface area contributed by atoms with Gasteiger partial charge in [0.1, 0.15) is 13.6 Å². The average Bonchev–Trinajstić information content (AvgIpc) is 1.89. The quantitative estimate of drug-likeness (QED) is 0.397. The predicted molar refractivity (Wildman–Crippen MR) is 30.9 cm³/mol. The Kier molecular flexibility index (Phi) is 7.70. The van der Waals surface area contributed by atoms with Gasteiger partial charge >= 0.3 is 0 Å². The van der Waals surface area contributed by atoms with E-state index in [1.54, 1.807) is 0 Å². The highest BCUT2D eigenvalue weighted by Gasteiger charge is 1.83. The molecule has 0 aliphatic carbocycles. The highest BCUT2D eigenvalue weighted by molar-refractivity contribution is 4.16. The Hall–Kier alpha value is -0.160. The molecule has 4 heteroatoms. The molecule has 0 atom stereocenters. The summed E-state index contributed by atoms with van der Waals surface area (Å²) in [6.07, 6.45) is 0. The first kappa shape index (κ1) is 8.84. The summed E-state index contributed by atoms with van der Waals surface area (Å²) in [5.41, 5.74) is 0. The van der Waals surface area contributed by atoms with Crippen LogP contribution in [0.4, 0.5) is 0 Å². The smallest absolute Gasteiger partial charge is 0.149 e. The summed E-state index contributed by atoms with van der Waals surface area (Å²) in [6.45, 7) is 0.736. The molecule has 9 heavy (non-hydrogen) atoms.